The maximum absolute atomic E-state index is 13.9. The minimum Gasteiger partial charge on any atom is -0.361 e. The van der Waals surface area contributed by atoms with Crippen molar-refractivity contribution in [2.24, 2.45) is 0 Å². The molecule has 0 aliphatic carbocycles. The standard InChI is InChI=1S/C25H24FN3O3S/c1-17-13-14-19(15-24(17)33(31,32)29-23-11-5-3-9-21(23)26)28-25(30)12-6-7-18-16-27-22-10-4-2-8-20(18)22/h2-5,8-11,13-16,27,29H,6-7,12H2,1H3,(H,28,30). The summed E-state index contributed by atoms with van der Waals surface area (Å²) in [7, 11) is -4.04. The zero-order valence-electron chi connectivity index (χ0n) is 18.1. The number of fused-ring (bicyclic) bond motifs is 1. The number of rotatable bonds is 8. The second-order valence-corrected chi connectivity index (χ2v) is 9.48. The number of halogens is 1. The van der Waals surface area contributed by atoms with Gasteiger partial charge in [0, 0.05) is 29.2 Å². The summed E-state index contributed by atoms with van der Waals surface area (Å²) in [5, 5.41) is 3.91. The number of nitrogens with one attached hydrogen (secondary N) is 3. The highest BCUT2D eigenvalue weighted by atomic mass is 32.2. The van der Waals surface area contributed by atoms with Crippen LogP contribution in [0.2, 0.25) is 0 Å². The monoisotopic (exact) mass is 465 g/mol. The van der Waals surface area contributed by atoms with Gasteiger partial charge in [-0.25, -0.2) is 12.8 Å². The van der Waals surface area contributed by atoms with Crippen molar-refractivity contribution in [1.82, 2.24) is 4.98 Å². The molecule has 4 rings (SSSR count). The van der Waals surface area contributed by atoms with Crippen LogP contribution in [0.25, 0.3) is 10.9 Å². The van der Waals surface area contributed by atoms with Crippen LogP contribution in [-0.2, 0) is 21.2 Å². The number of benzene rings is 3. The van der Waals surface area contributed by atoms with E-state index in [0.29, 0.717) is 24.1 Å². The zero-order valence-corrected chi connectivity index (χ0v) is 18.9. The first-order chi connectivity index (χ1) is 15.8. The third-order valence-electron chi connectivity index (χ3n) is 5.40. The maximum atomic E-state index is 13.9. The van der Waals surface area contributed by atoms with Gasteiger partial charge in [-0.15, -0.1) is 0 Å². The second-order valence-electron chi connectivity index (χ2n) is 7.83. The molecule has 0 fully saturated rings. The molecule has 1 amide bonds. The molecule has 0 bridgehead atoms. The average molecular weight is 466 g/mol. The van der Waals surface area contributed by atoms with Crippen molar-refractivity contribution < 1.29 is 17.6 Å². The summed E-state index contributed by atoms with van der Waals surface area (Å²) in [6, 6.07) is 18.2. The van der Waals surface area contributed by atoms with Gasteiger partial charge in [0.15, 0.2) is 0 Å². The van der Waals surface area contributed by atoms with Gasteiger partial charge >= 0.3 is 0 Å². The maximum Gasteiger partial charge on any atom is 0.262 e. The number of hydrogen-bond acceptors (Lipinski definition) is 3. The SMILES string of the molecule is Cc1ccc(NC(=O)CCCc2c[nH]c3ccccc23)cc1S(=O)(=O)Nc1ccccc1F. The first-order valence-corrected chi connectivity index (χ1v) is 12.0. The molecule has 0 spiro atoms. The van der Waals surface area contributed by atoms with E-state index in [2.05, 4.69) is 15.0 Å². The molecule has 4 aromatic rings. The van der Waals surface area contributed by atoms with Crippen LogP contribution in [0.5, 0.6) is 0 Å². The number of aryl methyl sites for hydroxylation is 2. The van der Waals surface area contributed by atoms with Gasteiger partial charge in [-0.1, -0.05) is 36.4 Å². The molecular weight excluding hydrogens is 441 g/mol. The minimum atomic E-state index is -4.04. The molecule has 0 atom stereocenters. The highest BCUT2D eigenvalue weighted by molar-refractivity contribution is 7.92. The highest BCUT2D eigenvalue weighted by Gasteiger charge is 2.19. The smallest absolute Gasteiger partial charge is 0.262 e. The van der Waals surface area contributed by atoms with E-state index in [-0.39, 0.29) is 16.5 Å². The van der Waals surface area contributed by atoms with Crippen LogP contribution < -0.4 is 10.0 Å². The number of anilines is 2. The number of carbonyl (C=O) groups excluding carboxylic acids is 1. The van der Waals surface area contributed by atoms with Gasteiger partial charge in [0.2, 0.25) is 5.91 Å². The Kier molecular flexibility index (Phi) is 6.46. The number of aromatic amines is 1. The van der Waals surface area contributed by atoms with E-state index in [9.17, 15) is 17.6 Å². The summed E-state index contributed by atoms with van der Waals surface area (Å²) in [6.07, 6.45) is 3.66. The number of amides is 1. The van der Waals surface area contributed by atoms with Crippen molar-refractivity contribution in [3.8, 4) is 0 Å². The fourth-order valence-electron chi connectivity index (χ4n) is 3.71. The van der Waals surface area contributed by atoms with E-state index in [1.54, 1.807) is 25.1 Å². The zero-order chi connectivity index (χ0) is 23.4. The lowest BCUT2D eigenvalue weighted by molar-refractivity contribution is -0.116. The van der Waals surface area contributed by atoms with Gasteiger partial charge in [-0.3, -0.25) is 9.52 Å². The molecule has 1 heterocycles. The van der Waals surface area contributed by atoms with Crippen LogP contribution in [0.4, 0.5) is 15.8 Å². The highest BCUT2D eigenvalue weighted by Crippen LogP contribution is 2.25. The number of sulfonamides is 1. The minimum absolute atomic E-state index is 0.0256. The summed E-state index contributed by atoms with van der Waals surface area (Å²) < 4.78 is 41.8. The summed E-state index contributed by atoms with van der Waals surface area (Å²) in [5.41, 5.74) is 2.93. The molecule has 6 nitrogen and oxygen atoms in total. The molecule has 3 N–H and O–H groups in total. The summed E-state index contributed by atoms with van der Waals surface area (Å²) in [4.78, 5) is 15.7. The molecule has 0 radical (unpaired) electrons. The van der Waals surface area contributed by atoms with E-state index < -0.39 is 15.8 Å². The molecule has 0 aliphatic heterocycles. The number of aromatic nitrogens is 1. The van der Waals surface area contributed by atoms with Crippen LogP contribution in [0, 0.1) is 12.7 Å². The first-order valence-electron chi connectivity index (χ1n) is 10.6. The quantitative estimate of drug-likeness (QED) is 0.326. The Balaban J connectivity index is 1.40. The molecule has 0 saturated heterocycles. The van der Waals surface area contributed by atoms with Gasteiger partial charge in [0.25, 0.3) is 10.0 Å². The Morgan fingerprint density at radius 2 is 1.79 bits per heavy atom. The molecular formula is C25H24FN3O3S. The van der Waals surface area contributed by atoms with Crippen LogP contribution in [0.3, 0.4) is 0 Å². The lowest BCUT2D eigenvalue weighted by atomic mass is 10.1. The fraction of sp³-hybridized carbons (Fsp3) is 0.160. The number of carbonyl (C=O) groups is 1. The van der Waals surface area contributed by atoms with Crippen LogP contribution in [0.15, 0.2) is 77.8 Å². The summed E-state index contributed by atoms with van der Waals surface area (Å²) in [5.74, 6) is -0.873. The second kappa shape index (κ2) is 9.46. The van der Waals surface area contributed by atoms with Crippen molar-refractivity contribution >= 4 is 38.2 Å². The molecule has 170 valence electrons. The number of para-hydroxylation sites is 2. The van der Waals surface area contributed by atoms with Crippen LogP contribution in [0.1, 0.15) is 24.0 Å². The molecule has 1 aromatic heterocycles. The van der Waals surface area contributed by atoms with Gasteiger partial charge < -0.3 is 10.3 Å². The number of hydrogen-bond donors (Lipinski definition) is 3. The largest absolute Gasteiger partial charge is 0.361 e. The van der Waals surface area contributed by atoms with Crippen molar-refractivity contribution in [2.75, 3.05) is 10.0 Å². The Bertz CT molecular complexity index is 1410. The third-order valence-corrected chi connectivity index (χ3v) is 6.91. The lowest BCUT2D eigenvalue weighted by Crippen LogP contribution is -2.16. The number of H-pyrrole nitrogens is 1. The Morgan fingerprint density at radius 1 is 1.03 bits per heavy atom. The molecule has 0 unspecified atom stereocenters. The first kappa shape index (κ1) is 22.5. The van der Waals surface area contributed by atoms with E-state index in [1.807, 2.05) is 30.5 Å². The molecule has 8 heteroatoms. The van der Waals surface area contributed by atoms with E-state index >= 15 is 0 Å². The Labute approximate surface area is 191 Å². The van der Waals surface area contributed by atoms with Crippen LogP contribution >= 0.6 is 0 Å². The lowest BCUT2D eigenvalue weighted by Gasteiger charge is -2.13. The summed E-state index contributed by atoms with van der Waals surface area (Å²) in [6.45, 7) is 1.64. The predicted molar refractivity (Wildman–Crippen MR) is 128 cm³/mol. The third kappa shape index (κ3) is 5.23. The fourth-order valence-corrected chi connectivity index (χ4v) is 5.05. The van der Waals surface area contributed by atoms with Gasteiger partial charge in [0.05, 0.1) is 10.6 Å². The van der Waals surface area contributed by atoms with Crippen molar-refractivity contribution in [3.63, 3.8) is 0 Å². The molecule has 0 aliphatic rings. The Morgan fingerprint density at radius 3 is 2.61 bits per heavy atom. The molecule has 3 aromatic carbocycles. The van der Waals surface area contributed by atoms with Crippen molar-refractivity contribution in [3.05, 3.63) is 89.9 Å². The molecule has 33 heavy (non-hydrogen) atoms. The van der Waals surface area contributed by atoms with Crippen molar-refractivity contribution in [1.29, 1.82) is 0 Å². The van der Waals surface area contributed by atoms with E-state index in [1.165, 1.54) is 24.3 Å². The van der Waals surface area contributed by atoms with Gasteiger partial charge in [0.1, 0.15) is 5.82 Å². The van der Waals surface area contributed by atoms with E-state index in [4.69, 9.17) is 0 Å². The van der Waals surface area contributed by atoms with Crippen molar-refractivity contribution in [2.45, 2.75) is 31.1 Å². The predicted octanol–water partition coefficient (Wildman–Crippen LogP) is 5.38. The van der Waals surface area contributed by atoms with E-state index in [0.717, 1.165) is 22.9 Å². The Hall–Kier alpha value is -3.65. The van der Waals surface area contributed by atoms with Gasteiger partial charge in [-0.2, -0.15) is 0 Å². The van der Waals surface area contributed by atoms with Gasteiger partial charge in [-0.05, 0) is 61.2 Å². The normalized spacial score (nSPS) is 11.5. The summed E-state index contributed by atoms with van der Waals surface area (Å²) >= 11 is 0. The van der Waals surface area contributed by atoms with Crippen LogP contribution in [-0.4, -0.2) is 19.3 Å². The molecule has 0 saturated carbocycles. The topological polar surface area (TPSA) is 91.1 Å². The average Bonchev–Trinajstić information content (AvgIpc) is 3.20.